The lowest BCUT2D eigenvalue weighted by molar-refractivity contribution is 0.0697. The molecule has 0 saturated heterocycles. The lowest BCUT2D eigenvalue weighted by Gasteiger charge is -2.09. The molecule has 0 atom stereocenters. The SMILES string of the molecule is COc1ccc(F)cc1CCNCc1ccc(C(=O)O)cc1. The van der Waals surface area contributed by atoms with Gasteiger partial charge in [0.1, 0.15) is 11.6 Å². The molecular formula is C17H18FNO3. The van der Waals surface area contributed by atoms with Crippen LogP contribution in [0.1, 0.15) is 21.5 Å². The zero-order chi connectivity index (χ0) is 15.9. The fourth-order valence-corrected chi connectivity index (χ4v) is 2.16. The minimum atomic E-state index is -0.933. The third-order valence-electron chi connectivity index (χ3n) is 3.34. The number of rotatable bonds is 7. The van der Waals surface area contributed by atoms with Crippen molar-refractivity contribution in [3.05, 3.63) is 65.0 Å². The van der Waals surface area contributed by atoms with Crippen LogP contribution in [0.3, 0.4) is 0 Å². The molecule has 0 unspecified atom stereocenters. The highest BCUT2D eigenvalue weighted by molar-refractivity contribution is 5.87. The van der Waals surface area contributed by atoms with Gasteiger partial charge in [-0.1, -0.05) is 12.1 Å². The van der Waals surface area contributed by atoms with Crippen molar-refractivity contribution < 1.29 is 19.0 Å². The van der Waals surface area contributed by atoms with E-state index in [2.05, 4.69) is 5.32 Å². The average molecular weight is 303 g/mol. The maximum absolute atomic E-state index is 13.2. The molecule has 2 aromatic rings. The normalized spacial score (nSPS) is 10.5. The first-order chi connectivity index (χ1) is 10.6. The molecule has 0 aliphatic rings. The lowest BCUT2D eigenvalue weighted by Crippen LogP contribution is -2.17. The summed E-state index contributed by atoms with van der Waals surface area (Å²) in [7, 11) is 1.56. The van der Waals surface area contributed by atoms with E-state index < -0.39 is 5.97 Å². The second-order valence-electron chi connectivity index (χ2n) is 4.89. The Labute approximate surface area is 128 Å². The Hall–Kier alpha value is -2.40. The average Bonchev–Trinajstić information content (AvgIpc) is 2.52. The highest BCUT2D eigenvalue weighted by Gasteiger charge is 2.05. The largest absolute Gasteiger partial charge is 0.496 e. The minimum Gasteiger partial charge on any atom is -0.496 e. The van der Waals surface area contributed by atoms with E-state index in [0.717, 1.165) is 11.1 Å². The molecular weight excluding hydrogens is 285 g/mol. The second kappa shape index (κ2) is 7.56. The van der Waals surface area contributed by atoms with Gasteiger partial charge in [-0.2, -0.15) is 0 Å². The van der Waals surface area contributed by atoms with Crippen LogP contribution in [0, 0.1) is 5.82 Å². The molecule has 0 saturated carbocycles. The van der Waals surface area contributed by atoms with Crippen LogP contribution in [0.15, 0.2) is 42.5 Å². The van der Waals surface area contributed by atoms with Crippen molar-refractivity contribution in [3.8, 4) is 5.75 Å². The Bertz CT molecular complexity index is 641. The number of aromatic carboxylic acids is 1. The second-order valence-corrected chi connectivity index (χ2v) is 4.89. The zero-order valence-corrected chi connectivity index (χ0v) is 12.3. The predicted octanol–water partition coefficient (Wildman–Crippen LogP) is 2.86. The van der Waals surface area contributed by atoms with E-state index >= 15 is 0 Å². The van der Waals surface area contributed by atoms with Gasteiger partial charge in [0.2, 0.25) is 0 Å². The molecule has 22 heavy (non-hydrogen) atoms. The highest BCUT2D eigenvalue weighted by atomic mass is 19.1. The van der Waals surface area contributed by atoms with Gasteiger partial charge >= 0.3 is 5.97 Å². The maximum Gasteiger partial charge on any atom is 0.335 e. The van der Waals surface area contributed by atoms with E-state index in [1.54, 1.807) is 37.4 Å². The predicted molar refractivity (Wildman–Crippen MR) is 81.8 cm³/mol. The van der Waals surface area contributed by atoms with Crippen LogP contribution in [0.4, 0.5) is 4.39 Å². The number of methoxy groups -OCH3 is 1. The summed E-state index contributed by atoms with van der Waals surface area (Å²) >= 11 is 0. The first-order valence-electron chi connectivity index (χ1n) is 6.95. The van der Waals surface area contributed by atoms with Gasteiger partial charge in [0.05, 0.1) is 12.7 Å². The van der Waals surface area contributed by atoms with Crippen molar-refractivity contribution in [2.24, 2.45) is 0 Å². The summed E-state index contributed by atoms with van der Waals surface area (Å²) in [6, 6.07) is 11.2. The fourth-order valence-electron chi connectivity index (χ4n) is 2.16. The van der Waals surface area contributed by atoms with E-state index in [-0.39, 0.29) is 11.4 Å². The summed E-state index contributed by atoms with van der Waals surface area (Å²) in [5.41, 5.74) is 2.08. The maximum atomic E-state index is 13.2. The van der Waals surface area contributed by atoms with Crippen LogP contribution in [0.2, 0.25) is 0 Å². The number of carboxylic acids is 1. The van der Waals surface area contributed by atoms with Gasteiger partial charge in [-0.3, -0.25) is 0 Å². The van der Waals surface area contributed by atoms with Gasteiger partial charge in [-0.15, -0.1) is 0 Å². The van der Waals surface area contributed by atoms with E-state index in [9.17, 15) is 9.18 Å². The summed E-state index contributed by atoms with van der Waals surface area (Å²) in [6.07, 6.45) is 0.647. The number of nitrogens with one attached hydrogen (secondary N) is 1. The Balaban J connectivity index is 1.84. The van der Waals surface area contributed by atoms with Crippen LogP contribution in [-0.2, 0) is 13.0 Å². The van der Waals surface area contributed by atoms with Gasteiger partial charge in [0.25, 0.3) is 0 Å². The fraction of sp³-hybridized carbons (Fsp3) is 0.235. The quantitative estimate of drug-likeness (QED) is 0.772. The molecule has 4 nitrogen and oxygen atoms in total. The molecule has 0 aliphatic heterocycles. The molecule has 2 N–H and O–H groups in total. The van der Waals surface area contributed by atoms with Gasteiger partial charge in [-0.25, -0.2) is 9.18 Å². The highest BCUT2D eigenvalue weighted by Crippen LogP contribution is 2.19. The molecule has 0 heterocycles. The number of hydrogen-bond acceptors (Lipinski definition) is 3. The summed E-state index contributed by atoms with van der Waals surface area (Å²) in [5.74, 6) is -0.535. The van der Waals surface area contributed by atoms with Crippen molar-refractivity contribution in [1.82, 2.24) is 5.32 Å². The van der Waals surface area contributed by atoms with Gasteiger partial charge in [0.15, 0.2) is 0 Å². The van der Waals surface area contributed by atoms with Crippen LogP contribution < -0.4 is 10.1 Å². The summed E-state index contributed by atoms with van der Waals surface area (Å²) in [6.45, 7) is 1.29. The molecule has 116 valence electrons. The lowest BCUT2D eigenvalue weighted by atomic mass is 10.1. The molecule has 0 amide bonds. The topological polar surface area (TPSA) is 58.6 Å². The number of ether oxygens (including phenoxy) is 1. The van der Waals surface area contributed by atoms with Crippen LogP contribution in [0.25, 0.3) is 0 Å². The summed E-state index contributed by atoms with van der Waals surface area (Å²) in [4.78, 5) is 10.8. The van der Waals surface area contributed by atoms with Crippen LogP contribution in [-0.4, -0.2) is 24.7 Å². The van der Waals surface area contributed by atoms with E-state index in [1.165, 1.54) is 12.1 Å². The van der Waals surface area contributed by atoms with Gasteiger partial charge in [-0.05, 0) is 54.4 Å². The van der Waals surface area contributed by atoms with E-state index in [1.807, 2.05) is 0 Å². The molecule has 0 radical (unpaired) electrons. The first-order valence-corrected chi connectivity index (χ1v) is 6.95. The van der Waals surface area contributed by atoms with Crippen molar-refractivity contribution in [1.29, 1.82) is 0 Å². The molecule has 0 fully saturated rings. The van der Waals surface area contributed by atoms with Crippen molar-refractivity contribution in [3.63, 3.8) is 0 Å². The van der Waals surface area contributed by atoms with E-state index in [4.69, 9.17) is 9.84 Å². The third-order valence-corrected chi connectivity index (χ3v) is 3.34. The Morgan fingerprint density at radius 3 is 2.59 bits per heavy atom. The Kier molecular flexibility index (Phi) is 5.49. The van der Waals surface area contributed by atoms with Crippen molar-refractivity contribution in [2.75, 3.05) is 13.7 Å². The van der Waals surface area contributed by atoms with Gasteiger partial charge < -0.3 is 15.2 Å². The standard InChI is InChI=1S/C17H18FNO3/c1-22-16-7-6-15(18)10-14(16)8-9-19-11-12-2-4-13(5-3-12)17(20)21/h2-7,10,19H,8-9,11H2,1H3,(H,20,21). The molecule has 0 aromatic heterocycles. The van der Waals surface area contributed by atoms with Crippen LogP contribution in [0.5, 0.6) is 5.75 Å². The number of carboxylic acid groups (broad SMARTS) is 1. The van der Waals surface area contributed by atoms with Gasteiger partial charge in [0, 0.05) is 6.54 Å². The number of carbonyl (C=O) groups is 1. The summed E-state index contributed by atoms with van der Waals surface area (Å²) < 4.78 is 18.4. The number of halogens is 1. The number of benzene rings is 2. The first kappa shape index (κ1) is 16.0. The number of hydrogen-bond donors (Lipinski definition) is 2. The van der Waals surface area contributed by atoms with Crippen molar-refractivity contribution in [2.45, 2.75) is 13.0 Å². The third kappa shape index (κ3) is 4.30. The zero-order valence-electron chi connectivity index (χ0n) is 12.3. The Morgan fingerprint density at radius 2 is 1.95 bits per heavy atom. The summed E-state index contributed by atoms with van der Waals surface area (Å²) in [5, 5.41) is 12.1. The van der Waals surface area contributed by atoms with E-state index in [0.29, 0.717) is 25.3 Å². The minimum absolute atomic E-state index is 0.272. The monoisotopic (exact) mass is 303 g/mol. The molecule has 0 aliphatic carbocycles. The molecule has 0 bridgehead atoms. The smallest absolute Gasteiger partial charge is 0.335 e. The van der Waals surface area contributed by atoms with Crippen LogP contribution >= 0.6 is 0 Å². The molecule has 2 rings (SSSR count). The Morgan fingerprint density at radius 1 is 1.23 bits per heavy atom. The molecule has 2 aromatic carbocycles. The van der Waals surface area contributed by atoms with Crippen molar-refractivity contribution >= 4 is 5.97 Å². The molecule has 0 spiro atoms. The molecule has 5 heteroatoms.